The van der Waals surface area contributed by atoms with Crippen molar-refractivity contribution in [3.05, 3.63) is 0 Å². The van der Waals surface area contributed by atoms with Gasteiger partial charge in [0.2, 0.25) is 0 Å². The second-order valence-electron chi connectivity index (χ2n) is 5.69. The lowest BCUT2D eigenvalue weighted by Crippen LogP contribution is -2.44. The molecule has 0 amide bonds. The van der Waals surface area contributed by atoms with Crippen molar-refractivity contribution in [2.75, 3.05) is 37.9 Å². The fourth-order valence-electron chi connectivity index (χ4n) is 2.66. The molecule has 0 aromatic carbocycles. The molecule has 0 aromatic heterocycles. The summed E-state index contributed by atoms with van der Waals surface area (Å²) < 4.78 is 33.8. The number of aliphatic hydroxyl groups excluding tert-OH is 1. The highest BCUT2D eigenvalue weighted by Gasteiger charge is 2.24. The van der Waals surface area contributed by atoms with E-state index in [9.17, 15) is 13.5 Å². The van der Waals surface area contributed by atoms with E-state index in [0.717, 1.165) is 25.9 Å². The molecule has 6 nitrogen and oxygen atoms in total. The fourth-order valence-corrected chi connectivity index (χ4v) is 4.33. The molecule has 3 atom stereocenters. The zero-order chi connectivity index (χ0) is 14.4. The summed E-state index contributed by atoms with van der Waals surface area (Å²) in [5.74, 6) is 0.467. The molecule has 2 heterocycles. The zero-order valence-electron chi connectivity index (χ0n) is 11.8. The van der Waals surface area contributed by atoms with E-state index < -0.39 is 15.9 Å². The number of sulfone groups is 1. The Hall–Kier alpha value is -0.210. The van der Waals surface area contributed by atoms with Crippen LogP contribution in [0.2, 0.25) is 0 Å². The summed E-state index contributed by atoms with van der Waals surface area (Å²) in [6.07, 6.45) is 3.20. The lowest BCUT2D eigenvalue weighted by molar-refractivity contribution is -0.0169. The van der Waals surface area contributed by atoms with Crippen LogP contribution in [0.25, 0.3) is 0 Å². The van der Waals surface area contributed by atoms with Crippen LogP contribution in [0.5, 0.6) is 0 Å². The third-order valence-electron chi connectivity index (χ3n) is 3.74. The van der Waals surface area contributed by atoms with Gasteiger partial charge in [-0.05, 0) is 25.7 Å². The molecule has 2 aliphatic heterocycles. The summed E-state index contributed by atoms with van der Waals surface area (Å²) in [5.41, 5.74) is 0. The Balaban J connectivity index is 1.56. The van der Waals surface area contributed by atoms with Gasteiger partial charge in [0, 0.05) is 19.2 Å². The Labute approximate surface area is 120 Å². The maximum atomic E-state index is 11.5. The summed E-state index contributed by atoms with van der Waals surface area (Å²) in [5, 5.41) is 12.9. The summed E-state index contributed by atoms with van der Waals surface area (Å²) in [4.78, 5) is 0. The number of rotatable bonds is 7. The number of hydrogen-bond acceptors (Lipinski definition) is 6. The van der Waals surface area contributed by atoms with E-state index in [1.54, 1.807) is 0 Å². The van der Waals surface area contributed by atoms with Gasteiger partial charge in [0.15, 0.2) is 9.84 Å². The van der Waals surface area contributed by atoms with Gasteiger partial charge in [-0.15, -0.1) is 0 Å². The SMILES string of the molecule is O=S1(=O)CCCC(NCC(O)COCC2CCCO2)C1. The number of nitrogens with one attached hydrogen (secondary N) is 1. The van der Waals surface area contributed by atoms with Crippen LogP contribution < -0.4 is 5.32 Å². The molecular weight excluding hydrogens is 282 g/mol. The van der Waals surface area contributed by atoms with Crippen molar-refractivity contribution in [1.29, 1.82) is 0 Å². The summed E-state index contributed by atoms with van der Waals surface area (Å²) in [7, 11) is -2.90. The minimum absolute atomic E-state index is 0.0402. The molecule has 2 aliphatic rings. The first-order chi connectivity index (χ1) is 9.55. The molecule has 0 saturated carbocycles. The average molecular weight is 307 g/mol. The van der Waals surface area contributed by atoms with E-state index in [1.807, 2.05) is 0 Å². The van der Waals surface area contributed by atoms with Crippen molar-refractivity contribution in [3.63, 3.8) is 0 Å². The van der Waals surface area contributed by atoms with Crippen LogP contribution in [0.3, 0.4) is 0 Å². The average Bonchev–Trinajstić information content (AvgIpc) is 2.88. The largest absolute Gasteiger partial charge is 0.389 e. The van der Waals surface area contributed by atoms with Crippen molar-refractivity contribution in [1.82, 2.24) is 5.32 Å². The number of aliphatic hydroxyl groups is 1. The van der Waals surface area contributed by atoms with Gasteiger partial charge in [-0.1, -0.05) is 0 Å². The molecule has 2 rings (SSSR count). The number of hydrogen-bond donors (Lipinski definition) is 2. The lowest BCUT2D eigenvalue weighted by atomic mass is 10.2. The van der Waals surface area contributed by atoms with Gasteiger partial charge in [0.1, 0.15) is 0 Å². The predicted octanol–water partition coefficient (Wildman–Crippen LogP) is -0.290. The molecule has 2 N–H and O–H groups in total. The van der Waals surface area contributed by atoms with Crippen LogP contribution in [-0.2, 0) is 19.3 Å². The molecule has 0 radical (unpaired) electrons. The van der Waals surface area contributed by atoms with Crippen LogP contribution in [0.1, 0.15) is 25.7 Å². The Morgan fingerprint density at radius 1 is 1.35 bits per heavy atom. The minimum Gasteiger partial charge on any atom is -0.389 e. The second-order valence-corrected chi connectivity index (χ2v) is 7.92. The molecule has 7 heteroatoms. The summed E-state index contributed by atoms with van der Waals surface area (Å²) >= 11 is 0. The van der Waals surface area contributed by atoms with Crippen molar-refractivity contribution in [2.24, 2.45) is 0 Å². The highest BCUT2D eigenvalue weighted by atomic mass is 32.2. The molecule has 20 heavy (non-hydrogen) atoms. The molecule has 118 valence electrons. The van der Waals surface area contributed by atoms with E-state index in [2.05, 4.69) is 5.32 Å². The molecular formula is C13H25NO5S. The monoisotopic (exact) mass is 307 g/mol. The van der Waals surface area contributed by atoms with Crippen molar-refractivity contribution < 1.29 is 23.0 Å². The maximum absolute atomic E-state index is 11.5. The highest BCUT2D eigenvalue weighted by Crippen LogP contribution is 2.13. The standard InChI is InChI=1S/C13H25NO5S/c15-12(8-18-9-13-4-1-5-19-13)7-14-11-3-2-6-20(16,17)10-11/h11-15H,1-10H2. The Morgan fingerprint density at radius 2 is 2.20 bits per heavy atom. The van der Waals surface area contributed by atoms with Crippen LogP contribution in [0.4, 0.5) is 0 Å². The van der Waals surface area contributed by atoms with Gasteiger partial charge in [-0.3, -0.25) is 0 Å². The van der Waals surface area contributed by atoms with Crippen molar-refractivity contribution in [2.45, 2.75) is 43.9 Å². The molecule has 3 unspecified atom stereocenters. The van der Waals surface area contributed by atoms with Gasteiger partial charge in [0.25, 0.3) is 0 Å². The Bertz CT molecular complexity index is 380. The van der Waals surface area contributed by atoms with Crippen LogP contribution in [0, 0.1) is 0 Å². The van der Waals surface area contributed by atoms with Crippen LogP contribution in [0.15, 0.2) is 0 Å². The summed E-state index contributed by atoms with van der Waals surface area (Å²) in [6.45, 7) is 1.95. The topological polar surface area (TPSA) is 84.9 Å². The van der Waals surface area contributed by atoms with E-state index in [4.69, 9.17) is 9.47 Å². The predicted molar refractivity (Wildman–Crippen MR) is 75.5 cm³/mol. The third kappa shape index (κ3) is 5.65. The smallest absolute Gasteiger partial charge is 0.151 e. The quantitative estimate of drug-likeness (QED) is 0.672. The maximum Gasteiger partial charge on any atom is 0.151 e. The zero-order valence-corrected chi connectivity index (χ0v) is 12.6. The lowest BCUT2D eigenvalue weighted by Gasteiger charge is -2.24. The molecule has 0 aliphatic carbocycles. The van der Waals surface area contributed by atoms with Crippen LogP contribution in [-0.4, -0.2) is 69.6 Å². The summed E-state index contributed by atoms with van der Waals surface area (Å²) in [6, 6.07) is -0.0402. The van der Waals surface area contributed by atoms with Gasteiger partial charge in [-0.25, -0.2) is 8.42 Å². The van der Waals surface area contributed by atoms with Crippen molar-refractivity contribution >= 4 is 9.84 Å². The van der Waals surface area contributed by atoms with E-state index in [0.29, 0.717) is 19.6 Å². The van der Waals surface area contributed by atoms with Gasteiger partial charge in [0.05, 0.1) is 36.9 Å². The molecule has 0 bridgehead atoms. The van der Waals surface area contributed by atoms with E-state index in [-0.39, 0.29) is 30.3 Å². The molecule has 2 fully saturated rings. The third-order valence-corrected chi connectivity index (χ3v) is 5.56. The molecule has 0 spiro atoms. The first-order valence-corrected chi connectivity index (χ1v) is 9.18. The van der Waals surface area contributed by atoms with Gasteiger partial charge in [-0.2, -0.15) is 0 Å². The first-order valence-electron chi connectivity index (χ1n) is 7.36. The number of ether oxygens (including phenoxy) is 2. The van der Waals surface area contributed by atoms with Gasteiger partial charge < -0.3 is 19.9 Å². The molecule has 0 aromatic rings. The molecule has 2 saturated heterocycles. The van der Waals surface area contributed by atoms with Crippen molar-refractivity contribution in [3.8, 4) is 0 Å². The normalized spacial score (nSPS) is 31.2. The first kappa shape index (κ1) is 16.2. The van der Waals surface area contributed by atoms with E-state index in [1.165, 1.54) is 0 Å². The Morgan fingerprint density at radius 3 is 2.90 bits per heavy atom. The minimum atomic E-state index is -2.90. The van der Waals surface area contributed by atoms with E-state index >= 15 is 0 Å². The van der Waals surface area contributed by atoms with Gasteiger partial charge >= 0.3 is 0 Å². The Kier molecular flexibility index (Phi) is 6.22. The highest BCUT2D eigenvalue weighted by molar-refractivity contribution is 7.91. The second kappa shape index (κ2) is 7.70. The van der Waals surface area contributed by atoms with Crippen LogP contribution >= 0.6 is 0 Å². The fraction of sp³-hybridized carbons (Fsp3) is 1.00.